The van der Waals surface area contributed by atoms with Crippen molar-refractivity contribution in [3.05, 3.63) is 30.5 Å². The normalized spacial score (nSPS) is 21.2. The Morgan fingerprint density at radius 3 is 2.52 bits per heavy atom. The zero-order valence-corrected chi connectivity index (χ0v) is 18.7. The van der Waals surface area contributed by atoms with Crippen molar-refractivity contribution >= 4 is 28.7 Å². The lowest BCUT2D eigenvalue weighted by atomic mass is 9.93. The van der Waals surface area contributed by atoms with Crippen molar-refractivity contribution in [2.24, 2.45) is 0 Å². The minimum Gasteiger partial charge on any atom is -0.393 e. The smallest absolute Gasteiger partial charge is 0.318 e. The Morgan fingerprint density at radius 2 is 1.82 bits per heavy atom. The fourth-order valence-corrected chi connectivity index (χ4v) is 4.51. The Labute approximate surface area is 192 Å². The Hall–Kier alpha value is -3.24. The van der Waals surface area contributed by atoms with Crippen LogP contribution in [0.1, 0.15) is 31.7 Å². The van der Waals surface area contributed by atoms with Crippen LogP contribution in [0, 0.1) is 0 Å². The van der Waals surface area contributed by atoms with Crippen molar-refractivity contribution in [1.82, 2.24) is 25.1 Å². The molecular formula is C23H29N7O3. The van der Waals surface area contributed by atoms with Crippen molar-refractivity contribution < 1.29 is 14.6 Å². The number of aromatic nitrogens is 4. The molecule has 10 heteroatoms. The number of hydrogen-bond donors (Lipinski definition) is 3. The number of ether oxygens (including phenoxy) is 1. The van der Waals surface area contributed by atoms with E-state index in [0.717, 1.165) is 61.1 Å². The molecule has 0 spiro atoms. The van der Waals surface area contributed by atoms with Crippen molar-refractivity contribution in [2.45, 2.75) is 37.8 Å². The summed E-state index contributed by atoms with van der Waals surface area (Å²) in [5, 5.41) is 20.9. The number of nitrogens with zero attached hydrogens (tertiary/aromatic N) is 5. The van der Waals surface area contributed by atoms with Gasteiger partial charge in [-0.3, -0.25) is 0 Å². The lowest BCUT2D eigenvalue weighted by Crippen LogP contribution is -2.37. The minimum absolute atomic E-state index is 0.213. The second-order valence-electron chi connectivity index (χ2n) is 8.54. The Balaban J connectivity index is 1.56. The average Bonchev–Trinajstić information content (AvgIpc) is 3.29. The van der Waals surface area contributed by atoms with Gasteiger partial charge in [-0.25, -0.2) is 14.5 Å². The number of carbonyl (C=O) groups excluding carboxylic acids is 1. The fourth-order valence-electron chi connectivity index (χ4n) is 4.51. The van der Waals surface area contributed by atoms with Gasteiger partial charge in [0.1, 0.15) is 0 Å². The fraction of sp³-hybridized carbons (Fsp3) is 0.478. The van der Waals surface area contributed by atoms with E-state index >= 15 is 0 Å². The molecule has 2 fully saturated rings. The van der Waals surface area contributed by atoms with Gasteiger partial charge in [-0.1, -0.05) is 12.1 Å². The number of benzene rings is 1. The van der Waals surface area contributed by atoms with Crippen molar-refractivity contribution in [3.8, 4) is 11.3 Å². The number of nitrogens with one attached hydrogen (secondary N) is 2. The zero-order valence-electron chi connectivity index (χ0n) is 18.7. The van der Waals surface area contributed by atoms with Gasteiger partial charge in [-0.15, -0.1) is 0 Å². The van der Waals surface area contributed by atoms with E-state index in [9.17, 15) is 9.90 Å². The molecule has 2 amide bonds. The summed E-state index contributed by atoms with van der Waals surface area (Å²) in [5.41, 5.74) is 3.26. The quantitative estimate of drug-likeness (QED) is 0.558. The molecule has 1 aromatic carbocycles. The molecule has 174 valence electrons. The molecule has 0 radical (unpaired) electrons. The number of hydrogen-bond acceptors (Lipinski definition) is 7. The number of carbonyl (C=O) groups is 1. The van der Waals surface area contributed by atoms with Crippen LogP contribution in [0.3, 0.4) is 0 Å². The van der Waals surface area contributed by atoms with Gasteiger partial charge in [0.05, 0.1) is 42.6 Å². The van der Waals surface area contributed by atoms with Crippen LogP contribution in [-0.4, -0.2) is 70.3 Å². The molecule has 0 atom stereocenters. The average molecular weight is 452 g/mol. The summed E-state index contributed by atoms with van der Waals surface area (Å²) in [7, 11) is 1.58. The summed E-state index contributed by atoms with van der Waals surface area (Å²) >= 11 is 0. The third kappa shape index (κ3) is 4.49. The molecule has 1 aliphatic carbocycles. The Morgan fingerprint density at radius 1 is 1.09 bits per heavy atom. The van der Waals surface area contributed by atoms with Gasteiger partial charge in [-0.2, -0.15) is 10.1 Å². The highest BCUT2D eigenvalue weighted by atomic mass is 16.5. The summed E-state index contributed by atoms with van der Waals surface area (Å²) < 4.78 is 7.53. The highest BCUT2D eigenvalue weighted by molar-refractivity contribution is 5.93. The van der Waals surface area contributed by atoms with E-state index in [4.69, 9.17) is 19.8 Å². The van der Waals surface area contributed by atoms with Crippen LogP contribution in [-0.2, 0) is 4.74 Å². The molecule has 1 saturated carbocycles. The lowest BCUT2D eigenvalue weighted by molar-refractivity contribution is 0.109. The maximum Gasteiger partial charge on any atom is 0.318 e. The van der Waals surface area contributed by atoms with E-state index in [1.165, 1.54) is 0 Å². The molecule has 2 aliphatic rings. The standard InChI is InChI=1S/C23H29N7O3/c1-24-23(32)26-16-4-2-15(3-5-16)20-19-14-25-30(17-6-8-18(31)9-7-17)21(19)28-22(27-20)29-10-12-33-13-11-29/h2-5,14,17-18,31H,6-13H2,1H3,(H2,24,26,32)/t17-,18-. The summed E-state index contributed by atoms with van der Waals surface area (Å²) in [4.78, 5) is 23.6. The molecule has 0 unspecified atom stereocenters. The molecule has 0 bridgehead atoms. The number of amides is 2. The van der Waals surface area contributed by atoms with E-state index in [0.29, 0.717) is 24.8 Å². The van der Waals surface area contributed by atoms with Crippen LogP contribution in [0.5, 0.6) is 0 Å². The van der Waals surface area contributed by atoms with Gasteiger partial charge in [0, 0.05) is 31.4 Å². The molecule has 3 heterocycles. The number of morpholine rings is 1. The van der Waals surface area contributed by atoms with Crippen LogP contribution < -0.4 is 15.5 Å². The first-order chi connectivity index (χ1) is 16.1. The number of aliphatic hydroxyl groups excluding tert-OH is 1. The SMILES string of the molecule is CNC(=O)Nc1ccc(-c2nc(N3CCOCC3)nc3c2cnn3[C@H]2CC[C@H](O)CC2)cc1. The van der Waals surface area contributed by atoms with Crippen molar-refractivity contribution in [3.63, 3.8) is 0 Å². The van der Waals surface area contributed by atoms with Gasteiger partial charge >= 0.3 is 6.03 Å². The maximum atomic E-state index is 11.6. The monoisotopic (exact) mass is 451 g/mol. The van der Waals surface area contributed by atoms with Gasteiger partial charge < -0.3 is 25.4 Å². The molecule has 3 aromatic rings. The molecule has 33 heavy (non-hydrogen) atoms. The zero-order chi connectivity index (χ0) is 22.8. The van der Waals surface area contributed by atoms with Gasteiger partial charge in [0.25, 0.3) is 0 Å². The molecule has 1 aliphatic heterocycles. The van der Waals surface area contributed by atoms with Crippen molar-refractivity contribution in [2.75, 3.05) is 43.6 Å². The minimum atomic E-state index is -0.263. The summed E-state index contributed by atoms with van der Waals surface area (Å²) in [5.74, 6) is 0.672. The second-order valence-corrected chi connectivity index (χ2v) is 8.54. The van der Waals surface area contributed by atoms with E-state index in [-0.39, 0.29) is 18.2 Å². The van der Waals surface area contributed by atoms with E-state index in [2.05, 4.69) is 15.5 Å². The van der Waals surface area contributed by atoms with Gasteiger partial charge in [0.15, 0.2) is 5.65 Å². The summed E-state index contributed by atoms with van der Waals surface area (Å²) in [6, 6.07) is 7.57. The highest BCUT2D eigenvalue weighted by Gasteiger charge is 2.26. The molecule has 1 saturated heterocycles. The predicted octanol–water partition coefficient (Wildman–Crippen LogP) is 2.56. The van der Waals surface area contributed by atoms with Crippen molar-refractivity contribution in [1.29, 1.82) is 0 Å². The van der Waals surface area contributed by atoms with E-state index in [1.807, 2.05) is 35.1 Å². The Bertz CT molecular complexity index is 1120. The van der Waals surface area contributed by atoms with Crippen LogP contribution in [0.4, 0.5) is 16.4 Å². The van der Waals surface area contributed by atoms with Crippen LogP contribution in [0.25, 0.3) is 22.3 Å². The number of aliphatic hydroxyl groups is 1. The first-order valence-corrected chi connectivity index (χ1v) is 11.5. The first kappa shape index (κ1) is 21.6. The van der Waals surface area contributed by atoms with Gasteiger partial charge in [-0.05, 0) is 37.8 Å². The molecular weight excluding hydrogens is 422 g/mol. The second kappa shape index (κ2) is 9.32. The molecule has 2 aromatic heterocycles. The van der Waals surface area contributed by atoms with Gasteiger partial charge in [0.2, 0.25) is 5.95 Å². The van der Waals surface area contributed by atoms with E-state index < -0.39 is 0 Å². The molecule has 5 rings (SSSR count). The Kier molecular flexibility index (Phi) is 6.10. The molecule has 10 nitrogen and oxygen atoms in total. The molecule has 3 N–H and O–H groups in total. The highest BCUT2D eigenvalue weighted by Crippen LogP contribution is 2.34. The third-order valence-electron chi connectivity index (χ3n) is 6.39. The van der Waals surface area contributed by atoms with Crippen LogP contribution in [0.2, 0.25) is 0 Å². The maximum absolute atomic E-state index is 11.6. The third-order valence-corrected chi connectivity index (χ3v) is 6.39. The van der Waals surface area contributed by atoms with Crippen LogP contribution >= 0.6 is 0 Å². The predicted molar refractivity (Wildman–Crippen MR) is 125 cm³/mol. The van der Waals surface area contributed by atoms with E-state index in [1.54, 1.807) is 7.05 Å². The van der Waals surface area contributed by atoms with Crippen LogP contribution in [0.15, 0.2) is 30.5 Å². The number of urea groups is 1. The lowest BCUT2D eigenvalue weighted by Gasteiger charge is -2.28. The number of fused-ring (bicyclic) bond motifs is 1. The number of rotatable bonds is 4. The first-order valence-electron chi connectivity index (χ1n) is 11.5. The summed E-state index contributed by atoms with van der Waals surface area (Å²) in [6.45, 7) is 2.78. The number of anilines is 2. The largest absolute Gasteiger partial charge is 0.393 e. The topological polar surface area (TPSA) is 117 Å². The summed E-state index contributed by atoms with van der Waals surface area (Å²) in [6.07, 6.45) is 4.93.